The highest BCUT2D eigenvalue weighted by atomic mass is 79.9. The molecule has 4 heteroatoms. The van der Waals surface area contributed by atoms with Crippen LogP contribution in [0.25, 0.3) is 0 Å². The molecule has 14 heavy (non-hydrogen) atoms. The Morgan fingerprint density at radius 1 is 1.36 bits per heavy atom. The van der Waals surface area contributed by atoms with Crippen molar-refractivity contribution in [3.63, 3.8) is 0 Å². The van der Waals surface area contributed by atoms with Gasteiger partial charge in [0.15, 0.2) is 0 Å². The summed E-state index contributed by atoms with van der Waals surface area (Å²) in [5, 5.41) is 2.76. The predicted octanol–water partition coefficient (Wildman–Crippen LogP) is 2.30. The quantitative estimate of drug-likeness (QED) is 0.764. The van der Waals surface area contributed by atoms with Gasteiger partial charge < -0.3 is 5.32 Å². The molecule has 0 unspecified atom stereocenters. The van der Waals surface area contributed by atoms with Gasteiger partial charge in [0, 0.05) is 4.47 Å². The van der Waals surface area contributed by atoms with Gasteiger partial charge in [0.05, 0.1) is 12.1 Å². The van der Waals surface area contributed by atoms with Crippen LogP contribution in [0.15, 0.2) is 16.6 Å². The van der Waals surface area contributed by atoms with Crippen molar-refractivity contribution in [3.8, 4) is 11.8 Å². The first-order valence-electron chi connectivity index (χ1n) is 3.93. The molecule has 1 aromatic carbocycles. The van der Waals surface area contributed by atoms with E-state index < -0.39 is 11.6 Å². The summed E-state index contributed by atoms with van der Waals surface area (Å²) in [6.07, 6.45) is 0. The molecular formula is C10H8BrF2N. The summed E-state index contributed by atoms with van der Waals surface area (Å²) in [7, 11) is 1.71. The van der Waals surface area contributed by atoms with E-state index in [1.54, 1.807) is 7.05 Å². The van der Waals surface area contributed by atoms with Gasteiger partial charge in [-0.1, -0.05) is 27.8 Å². The van der Waals surface area contributed by atoms with Gasteiger partial charge in [-0.3, -0.25) is 0 Å². The van der Waals surface area contributed by atoms with E-state index in [1.165, 1.54) is 12.1 Å². The molecule has 0 heterocycles. The normalized spacial score (nSPS) is 9.43. The number of halogens is 3. The van der Waals surface area contributed by atoms with Crippen LogP contribution in [0, 0.1) is 23.5 Å². The van der Waals surface area contributed by atoms with Crippen LogP contribution in [0.1, 0.15) is 5.56 Å². The molecule has 0 aliphatic rings. The summed E-state index contributed by atoms with van der Waals surface area (Å²) in [6.45, 7) is 0.398. The molecule has 0 atom stereocenters. The van der Waals surface area contributed by atoms with Crippen molar-refractivity contribution in [1.82, 2.24) is 5.32 Å². The number of hydrogen-bond donors (Lipinski definition) is 1. The highest BCUT2D eigenvalue weighted by molar-refractivity contribution is 9.10. The summed E-state index contributed by atoms with van der Waals surface area (Å²) < 4.78 is 26.7. The fourth-order valence-electron chi connectivity index (χ4n) is 0.883. The minimum atomic E-state index is -0.652. The molecule has 0 aliphatic carbocycles. The highest BCUT2D eigenvalue weighted by Gasteiger charge is 2.07. The van der Waals surface area contributed by atoms with Crippen LogP contribution in [0.4, 0.5) is 8.78 Å². The Labute approximate surface area is 89.6 Å². The second-order valence-corrected chi connectivity index (χ2v) is 3.49. The van der Waals surface area contributed by atoms with Gasteiger partial charge in [-0.05, 0) is 19.2 Å². The van der Waals surface area contributed by atoms with Gasteiger partial charge in [-0.25, -0.2) is 8.78 Å². The molecule has 1 N–H and O–H groups in total. The average molecular weight is 260 g/mol. The lowest BCUT2D eigenvalue weighted by Gasteiger charge is -1.97. The molecular weight excluding hydrogens is 252 g/mol. The van der Waals surface area contributed by atoms with E-state index in [0.29, 0.717) is 11.0 Å². The average Bonchev–Trinajstić information content (AvgIpc) is 2.09. The van der Waals surface area contributed by atoms with Gasteiger partial charge in [0.25, 0.3) is 0 Å². The molecule has 0 bridgehead atoms. The zero-order valence-corrected chi connectivity index (χ0v) is 9.08. The fourth-order valence-corrected chi connectivity index (χ4v) is 1.28. The monoisotopic (exact) mass is 259 g/mol. The summed E-state index contributed by atoms with van der Waals surface area (Å²) in [5.74, 6) is 3.72. The van der Waals surface area contributed by atoms with Gasteiger partial charge >= 0.3 is 0 Å². The predicted molar refractivity (Wildman–Crippen MR) is 54.9 cm³/mol. The van der Waals surface area contributed by atoms with Crippen molar-refractivity contribution in [2.45, 2.75) is 0 Å². The van der Waals surface area contributed by atoms with E-state index in [-0.39, 0.29) is 5.56 Å². The lowest BCUT2D eigenvalue weighted by Crippen LogP contribution is -2.04. The maximum Gasteiger partial charge on any atom is 0.142 e. The zero-order valence-electron chi connectivity index (χ0n) is 7.50. The number of rotatable bonds is 1. The van der Waals surface area contributed by atoms with Crippen molar-refractivity contribution in [3.05, 3.63) is 33.8 Å². The molecule has 0 radical (unpaired) electrons. The molecule has 0 saturated carbocycles. The Morgan fingerprint density at radius 2 is 1.93 bits per heavy atom. The topological polar surface area (TPSA) is 12.0 Å². The summed E-state index contributed by atoms with van der Waals surface area (Å²) in [6, 6.07) is 2.37. The van der Waals surface area contributed by atoms with Crippen LogP contribution in [0.3, 0.4) is 0 Å². The lowest BCUT2D eigenvalue weighted by molar-refractivity contribution is 0.576. The fraction of sp³-hybridized carbons (Fsp3) is 0.200. The molecule has 1 aromatic rings. The van der Waals surface area contributed by atoms with Gasteiger partial charge in [0.1, 0.15) is 11.6 Å². The van der Waals surface area contributed by atoms with Crippen LogP contribution < -0.4 is 5.32 Å². The molecule has 0 fully saturated rings. The third kappa shape index (κ3) is 2.79. The Balaban J connectivity index is 3.04. The van der Waals surface area contributed by atoms with E-state index in [0.717, 1.165) is 0 Å². The maximum atomic E-state index is 13.1. The molecule has 0 saturated heterocycles. The standard InChI is InChI=1S/C10H8BrF2N/c1-14-4-2-3-8-9(12)5-7(11)6-10(8)13/h5-6,14H,4H2,1H3. The van der Waals surface area contributed by atoms with E-state index in [2.05, 4.69) is 33.1 Å². The molecule has 74 valence electrons. The minimum Gasteiger partial charge on any atom is -0.309 e. The number of hydrogen-bond acceptors (Lipinski definition) is 1. The largest absolute Gasteiger partial charge is 0.309 e. The SMILES string of the molecule is CNCC#Cc1c(F)cc(Br)cc1F. The van der Waals surface area contributed by atoms with E-state index in [9.17, 15) is 8.78 Å². The lowest BCUT2D eigenvalue weighted by atomic mass is 10.2. The van der Waals surface area contributed by atoms with E-state index in [4.69, 9.17) is 0 Å². The van der Waals surface area contributed by atoms with Crippen molar-refractivity contribution in [2.24, 2.45) is 0 Å². The van der Waals surface area contributed by atoms with Crippen molar-refractivity contribution < 1.29 is 8.78 Å². The van der Waals surface area contributed by atoms with E-state index >= 15 is 0 Å². The first-order valence-corrected chi connectivity index (χ1v) is 4.72. The number of nitrogens with one attached hydrogen (secondary N) is 1. The van der Waals surface area contributed by atoms with Crippen LogP contribution in [0.2, 0.25) is 0 Å². The highest BCUT2D eigenvalue weighted by Crippen LogP contribution is 2.18. The van der Waals surface area contributed by atoms with Crippen LogP contribution >= 0.6 is 15.9 Å². The molecule has 0 aliphatic heterocycles. The van der Waals surface area contributed by atoms with E-state index in [1.807, 2.05) is 0 Å². The molecule has 1 nitrogen and oxygen atoms in total. The van der Waals surface area contributed by atoms with Gasteiger partial charge in [0.2, 0.25) is 0 Å². The van der Waals surface area contributed by atoms with Crippen LogP contribution in [0.5, 0.6) is 0 Å². The Morgan fingerprint density at radius 3 is 2.43 bits per heavy atom. The molecule has 0 aromatic heterocycles. The molecule has 1 rings (SSSR count). The summed E-state index contributed by atoms with van der Waals surface area (Å²) in [5.41, 5.74) is -0.191. The second kappa shape index (κ2) is 5.08. The first kappa shape index (κ1) is 11.2. The molecule has 0 amide bonds. The minimum absolute atomic E-state index is 0.191. The Bertz CT molecular complexity index is 370. The summed E-state index contributed by atoms with van der Waals surface area (Å²) >= 11 is 2.99. The maximum absolute atomic E-state index is 13.1. The second-order valence-electron chi connectivity index (χ2n) is 2.58. The Hall–Kier alpha value is -0.920. The summed E-state index contributed by atoms with van der Waals surface area (Å²) in [4.78, 5) is 0. The van der Waals surface area contributed by atoms with Crippen molar-refractivity contribution >= 4 is 15.9 Å². The number of benzene rings is 1. The first-order chi connectivity index (χ1) is 6.65. The van der Waals surface area contributed by atoms with Crippen LogP contribution in [-0.2, 0) is 0 Å². The smallest absolute Gasteiger partial charge is 0.142 e. The van der Waals surface area contributed by atoms with Gasteiger partial charge in [-0.2, -0.15) is 0 Å². The van der Waals surface area contributed by atoms with Crippen molar-refractivity contribution in [2.75, 3.05) is 13.6 Å². The van der Waals surface area contributed by atoms with Crippen molar-refractivity contribution in [1.29, 1.82) is 0 Å². The van der Waals surface area contributed by atoms with Gasteiger partial charge in [-0.15, -0.1) is 0 Å². The molecule has 0 spiro atoms. The zero-order chi connectivity index (χ0) is 10.6. The third-order valence-electron chi connectivity index (χ3n) is 1.49. The third-order valence-corrected chi connectivity index (χ3v) is 1.94. The Kier molecular flexibility index (Phi) is 4.05. The van der Waals surface area contributed by atoms with Crippen LogP contribution in [-0.4, -0.2) is 13.6 Å².